The molecule has 14 heavy (non-hydrogen) atoms. The molecular formula is C9H16N2O3. The molecule has 0 aromatic carbocycles. The van der Waals surface area contributed by atoms with E-state index in [0.29, 0.717) is 0 Å². The van der Waals surface area contributed by atoms with E-state index in [1.54, 1.807) is 7.05 Å². The van der Waals surface area contributed by atoms with Gasteiger partial charge in [0, 0.05) is 19.6 Å². The molecule has 0 bridgehead atoms. The second kappa shape index (κ2) is 4.41. The van der Waals surface area contributed by atoms with Crippen LogP contribution in [-0.4, -0.2) is 62.0 Å². The van der Waals surface area contributed by atoms with Crippen LogP contribution in [0.4, 0.5) is 0 Å². The fourth-order valence-corrected chi connectivity index (χ4v) is 1.63. The smallest absolute Gasteiger partial charge is 0.396 e. The summed E-state index contributed by atoms with van der Waals surface area (Å²) < 4.78 is 4.38. The lowest BCUT2D eigenvalue weighted by molar-refractivity contribution is -0.158. The summed E-state index contributed by atoms with van der Waals surface area (Å²) in [5.41, 5.74) is 0. The van der Waals surface area contributed by atoms with Crippen LogP contribution in [0, 0.1) is 0 Å². The molecule has 1 fully saturated rings. The molecule has 1 aliphatic rings. The van der Waals surface area contributed by atoms with E-state index in [0.717, 1.165) is 19.5 Å². The fourth-order valence-electron chi connectivity index (χ4n) is 1.63. The Hall–Kier alpha value is -1.10. The molecule has 0 radical (unpaired) electrons. The Labute approximate surface area is 83.6 Å². The molecule has 0 aromatic heterocycles. The maximum atomic E-state index is 11.4. The van der Waals surface area contributed by atoms with Crippen LogP contribution in [0.2, 0.25) is 0 Å². The van der Waals surface area contributed by atoms with Crippen molar-refractivity contribution in [3.8, 4) is 0 Å². The van der Waals surface area contributed by atoms with Gasteiger partial charge in [-0.2, -0.15) is 0 Å². The first-order valence-corrected chi connectivity index (χ1v) is 4.60. The topological polar surface area (TPSA) is 49.9 Å². The molecule has 1 heterocycles. The van der Waals surface area contributed by atoms with Crippen LogP contribution in [-0.2, 0) is 14.3 Å². The minimum absolute atomic E-state index is 0.131. The molecule has 5 nitrogen and oxygen atoms in total. The third kappa shape index (κ3) is 2.23. The zero-order valence-corrected chi connectivity index (χ0v) is 8.82. The number of likely N-dealkylation sites (N-methyl/N-ethyl adjacent to an activating group) is 2. The van der Waals surface area contributed by atoms with Crippen molar-refractivity contribution < 1.29 is 14.3 Å². The summed E-state index contributed by atoms with van der Waals surface area (Å²) in [7, 11) is 4.86. The van der Waals surface area contributed by atoms with Gasteiger partial charge in [0.25, 0.3) is 0 Å². The number of likely N-dealkylation sites (tertiary alicyclic amines) is 1. The standard InChI is InChI=1S/C9H16N2O3/c1-10-5-4-7(6-10)11(2)8(12)9(13)14-3/h7H,4-6H2,1-3H3. The monoisotopic (exact) mass is 200 g/mol. The number of ether oxygens (including phenoxy) is 1. The van der Waals surface area contributed by atoms with E-state index in [1.165, 1.54) is 12.0 Å². The van der Waals surface area contributed by atoms with Gasteiger partial charge >= 0.3 is 11.9 Å². The van der Waals surface area contributed by atoms with Gasteiger partial charge in [-0.25, -0.2) is 4.79 Å². The Kier molecular flexibility index (Phi) is 3.46. The molecule has 0 spiro atoms. The number of carbonyl (C=O) groups is 2. The highest BCUT2D eigenvalue weighted by Crippen LogP contribution is 2.12. The highest BCUT2D eigenvalue weighted by Gasteiger charge is 2.29. The Bertz CT molecular complexity index is 242. The molecule has 1 saturated heterocycles. The number of amides is 1. The molecule has 0 aliphatic carbocycles. The van der Waals surface area contributed by atoms with Gasteiger partial charge < -0.3 is 14.5 Å². The van der Waals surface area contributed by atoms with Gasteiger partial charge in [0.15, 0.2) is 0 Å². The van der Waals surface area contributed by atoms with E-state index in [4.69, 9.17) is 0 Å². The van der Waals surface area contributed by atoms with Gasteiger partial charge in [-0.3, -0.25) is 4.79 Å². The van der Waals surface area contributed by atoms with E-state index in [9.17, 15) is 9.59 Å². The van der Waals surface area contributed by atoms with Crippen molar-refractivity contribution in [3.63, 3.8) is 0 Å². The van der Waals surface area contributed by atoms with Crippen LogP contribution in [0.1, 0.15) is 6.42 Å². The summed E-state index contributed by atoms with van der Waals surface area (Å²) in [5.74, 6) is -1.35. The molecule has 0 N–H and O–H groups in total. The minimum Gasteiger partial charge on any atom is -0.462 e. The molecule has 0 aromatic rings. The van der Waals surface area contributed by atoms with E-state index >= 15 is 0 Å². The van der Waals surface area contributed by atoms with Crippen LogP contribution in [0.5, 0.6) is 0 Å². The molecule has 1 rings (SSSR count). The van der Waals surface area contributed by atoms with E-state index in [1.807, 2.05) is 7.05 Å². The molecule has 1 amide bonds. The van der Waals surface area contributed by atoms with Crippen molar-refractivity contribution in [2.75, 3.05) is 34.3 Å². The fraction of sp³-hybridized carbons (Fsp3) is 0.778. The lowest BCUT2D eigenvalue weighted by atomic mass is 10.2. The molecular weight excluding hydrogens is 184 g/mol. The summed E-state index contributed by atoms with van der Waals surface area (Å²) in [5, 5.41) is 0. The summed E-state index contributed by atoms with van der Waals surface area (Å²) in [6.07, 6.45) is 0.912. The van der Waals surface area contributed by atoms with Gasteiger partial charge in [-0.05, 0) is 20.0 Å². The number of carbonyl (C=O) groups excluding carboxylic acids is 2. The molecule has 5 heteroatoms. The van der Waals surface area contributed by atoms with Crippen LogP contribution in [0.15, 0.2) is 0 Å². The Balaban J connectivity index is 2.52. The van der Waals surface area contributed by atoms with Gasteiger partial charge in [0.05, 0.1) is 7.11 Å². The van der Waals surface area contributed by atoms with Crippen LogP contribution >= 0.6 is 0 Å². The largest absolute Gasteiger partial charge is 0.462 e. The normalized spacial score (nSPS) is 22.1. The van der Waals surface area contributed by atoms with Gasteiger partial charge in [0.1, 0.15) is 0 Å². The van der Waals surface area contributed by atoms with Crippen molar-refractivity contribution in [1.29, 1.82) is 0 Å². The summed E-state index contributed by atoms with van der Waals surface area (Å²) >= 11 is 0. The Morgan fingerprint density at radius 2 is 2.14 bits per heavy atom. The van der Waals surface area contributed by atoms with Crippen molar-refractivity contribution >= 4 is 11.9 Å². The lowest BCUT2D eigenvalue weighted by Gasteiger charge is -2.22. The van der Waals surface area contributed by atoms with E-state index < -0.39 is 11.9 Å². The second-order valence-electron chi connectivity index (χ2n) is 3.61. The number of methoxy groups -OCH3 is 1. The third-order valence-corrected chi connectivity index (χ3v) is 2.59. The van der Waals surface area contributed by atoms with Crippen molar-refractivity contribution in [3.05, 3.63) is 0 Å². The van der Waals surface area contributed by atoms with Gasteiger partial charge in [0.2, 0.25) is 0 Å². The highest BCUT2D eigenvalue weighted by molar-refractivity contribution is 6.32. The number of hydrogen-bond acceptors (Lipinski definition) is 4. The molecule has 1 atom stereocenters. The number of hydrogen-bond donors (Lipinski definition) is 0. The maximum Gasteiger partial charge on any atom is 0.396 e. The maximum absolute atomic E-state index is 11.4. The first-order valence-electron chi connectivity index (χ1n) is 4.60. The van der Waals surface area contributed by atoms with Crippen LogP contribution in [0.3, 0.4) is 0 Å². The number of nitrogens with zero attached hydrogens (tertiary/aromatic N) is 2. The highest BCUT2D eigenvalue weighted by atomic mass is 16.5. The van der Waals surface area contributed by atoms with Crippen molar-refractivity contribution in [1.82, 2.24) is 9.80 Å². The minimum atomic E-state index is -0.790. The average molecular weight is 200 g/mol. The average Bonchev–Trinajstić information content (AvgIpc) is 2.61. The van der Waals surface area contributed by atoms with Crippen LogP contribution < -0.4 is 0 Å². The number of rotatable bonds is 1. The Morgan fingerprint density at radius 1 is 1.50 bits per heavy atom. The molecule has 80 valence electrons. The third-order valence-electron chi connectivity index (χ3n) is 2.59. The Morgan fingerprint density at radius 3 is 2.57 bits per heavy atom. The second-order valence-corrected chi connectivity index (χ2v) is 3.61. The first-order chi connectivity index (χ1) is 6.56. The van der Waals surface area contributed by atoms with E-state index in [2.05, 4.69) is 9.64 Å². The van der Waals surface area contributed by atoms with E-state index in [-0.39, 0.29) is 6.04 Å². The predicted molar refractivity (Wildman–Crippen MR) is 50.7 cm³/mol. The SMILES string of the molecule is COC(=O)C(=O)N(C)C1CCN(C)C1. The summed E-state index contributed by atoms with van der Waals surface area (Å²) in [6.45, 7) is 1.78. The zero-order chi connectivity index (χ0) is 10.7. The summed E-state index contributed by atoms with van der Waals surface area (Å²) in [4.78, 5) is 26.0. The quantitative estimate of drug-likeness (QED) is 0.416. The number of esters is 1. The van der Waals surface area contributed by atoms with Gasteiger partial charge in [-0.15, -0.1) is 0 Å². The van der Waals surface area contributed by atoms with Crippen molar-refractivity contribution in [2.45, 2.75) is 12.5 Å². The lowest BCUT2D eigenvalue weighted by Crippen LogP contribution is -2.42. The molecule has 1 aliphatic heterocycles. The first kappa shape index (κ1) is 11.0. The summed E-state index contributed by atoms with van der Waals surface area (Å²) in [6, 6.07) is 0.131. The molecule has 0 saturated carbocycles. The van der Waals surface area contributed by atoms with Crippen molar-refractivity contribution in [2.24, 2.45) is 0 Å². The van der Waals surface area contributed by atoms with Gasteiger partial charge in [-0.1, -0.05) is 0 Å². The zero-order valence-electron chi connectivity index (χ0n) is 8.82. The molecule has 1 unspecified atom stereocenters. The predicted octanol–water partition coefficient (Wildman–Crippen LogP) is -0.678. The van der Waals surface area contributed by atoms with Crippen LogP contribution in [0.25, 0.3) is 0 Å².